The summed E-state index contributed by atoms with van der Waals surface area (Å²) >= 11 is 0. The minimum absolute atomic E-state index is 0.0998. The summed E-state index contributed by atoms with van der Waals surface area (Å²) in [6, 6.07) is 18.7. The largest absolute Gasteiger partial charge is 0.508 e. The number of imidazole rings is 1. The zero-order valence-corrected chi connectivity index (χ0v) is 16.4. The topological polar surface area (TPSA) is 85.3 Å². The highest BCUT2D eigenvalue weighted by molar-refractivity contribution is 5.83. The van der Waals surface area contributed by atoms with Gasteiger partial charge in [-0.05, 0) is 59.7 Å². The lowest BCUT2D eigenvalue weighted by Crippen LogP contribution is -2.06. The van der Waals surface area contributed by atoms with Crippen molar-refractivity contribution in [3.8, 4) is 11.5 Å². The van der Waals surface area contributed by atoms with Gasteiger partial charge in [0.05, 0.1) is 17.6 Å². The summed E-state index contributed by atoms with van der Waals surface area (Å²) in [5, 5.41) is 12.8. The van der Waals surface area contributed by atoms with Crippen LogP contribution >= 0.6 is 0 Å². The quantitative estimate of drug-likeness (QED) is 0.362. The van der Waals surface area contributed by atoms with Gasteiger partial charge in [0.2, 0.25) is 5.95 Å². The number of fused-ring (bicyclic) bond motifs is 1. The van der Waals surface area contributed by atoms with Crippen LogP contribution in [0.25, 0.3) is 16.7 Å². The van der Waals surface area contributed by atoms with Gasteiger partial charge in [-0.2, -0.15) is 8.78 Å². The molecule has 158 valence electrons. The Morgan fingerprint density at radius 3 is 2.45 bits per heavy atom. The number of alkyl halides is 2. The molecule has 8 heteroatoms. The number of rotatable bonds is 7. The molecule has 1 aromatic heterocycles. The second kappa shape index (κ2) is 8.35. The van der Waals surface area contributed by atoms with Crippen LogP contribution in [0.2, 0.25) is 0 Å². The van der Waals surface area contributed by atoms with Crippen molar-refractivity contribution in [2.75, 3.05) is 5.32 Å². The maximum Gasteiger partial charge on any atom is 0.387 e. The van der Waals surface area contributed by atoms with Gasteiger partial charge in [-0.15, -0.1) is 0 Å². The number of nitrogens with one attached hydrogen (secondary N) is 1. The Morgan fingerprint density at radius 1 is 1.10 bits per heavy atom. The molecule has 0 fully saturated rings. The Kier molecular flexibility index (Phi) is 5.44. The molecule has 0 unspecified atom stereocenters. The van der Waals surface area contributed by atoms with Gasteiger partial charge in [0.25, 0.3) is 0 Å². The maximum atomic E-state index is 12.4. The van der Waals surface area contributed by atoms with Gasteiger partial charge in [-0.1, -0.05) is 24.8 Å². The molecular weight excluding hydrogens is 402 g/mol. The number of aromatic nitrogens is 2. The second-order valence-electron chi connectivity index (χ2n) is 6.94. The third-order valence-electron chi connectivity index (χ3n) is 4.73. The minimum Gasteiger partial charge on any atom is -0.508 e. The van der Waals surface area contributed by atoms with Crippen molar-refractivity contribution in [3.05, 3.63) is 84.4 Å². The molecule has 0 aliphatic rings. The van der Waals surface area contributed by atoms with Gasteiger partial charge < -0.3 is 25.5 Å². The standard InChI is InChI=1S/C23H20F2N4O2/c1-14(26)16-4-11-21-20(12-16)28-23(27-17-5-7-18(30)8-6-17)29(21)13-15-2-9-19(10-3-15)31-22(24)25/h2-12,22,30H,1,13,26H2,(H,27,28). The molecule has 4 rings (SSSR count). The highest BCUT2D eigenvalue weighted by Crippen LogP contribution is 2.27. The van der Waals surface area contributed by atoms with Gasteiger partial charge in [0.15, 0.2) is 0 Å². The van der Waals surface area contributed by atoms with E-state index in [1.165, 1.54) is 12.1 Å². The van der Waals surface area contributed by atoms with E-state index in [0.717, 1.165) is 27.8 Å². The van der Waals surface area contributed by atoms with Gasteiger partial charge in [0, 0.05) is 11.4 Å². The van der Waals surface area contributed by atoms with Crippen LogP contribution in [-0.2, 0) is 6.54 Å². The molecule has 31 heavy (non-hydrogen) atoms. The number of nitrogens with two attached hydrogens (primary N) is 1. The lowest BCUT2D eigenvalue weighted by Gasteiger charge is -2.12. The van der Waals surface area contributed by atoms with E-state index in [1.54, 1.807) is 36.4 Å². The molecule has 0 saturated carbocycles. The summed E-state index contributed by atoms with van der Waals surface area (Å²) in [7, 11) is 0. The normalized spacial score (nSPS) is 11.1. The van der Waals surface area contributed by atoms with Crippen molar-refractivity contribution >= 4 is 28.4 Å². The highest BCUT2D eigenvalue weighted by atomic mass is 19.3. The Labute approximate surface area is 177 Å². The average molecular weight is 422 g/mol. The summed E-state index contributed by atoms with van der Waals surface area (Å²) in [5.41, 5.74) is 10.3. The highest BCUT2D eigenvalue weighted by Gasteiger charge is 2.13. The first-order chi connectivity index (χ1) is 14.9. The molecule has 0 radical (unpaired) electrons. The van der Waals surface area contributed by atoms with Crippen molar-refractivity contribution in [2.45, 2.75) is 13.2 Å². The van der Waals surface area contributed by atoms with Crippen LogP contribution in [0.5, 0.6) is 11.5 Å². The Morgan fingerprint density at radius 2 is 1.81 bits per heavy atom. The fourth-order valence-corrected chi connectivity index (χ4v) is 3.22. The van der Waals surface area contributed by atoms with E-state index in [4.69, 9.17) is 10.7 Å². The third-order valence-corrected chi connectivity index (χ3v) is 4.73. The molecule has 0 amide bonds. The van der Waals surface area contributed by atoms with Crippen LogP contribution in [0.1, 0.15) is 11.1 Å². The molecule has 0 bridgehead atoms. The number of hydrogen-bond acceptors (Lipinski definition) is 5. The third kappa shape index (κ3) is 4.58. The van der Waals surface area contributed by atoms with Crippen molar-refractivity contribution in [2.24, 2.45) is 5.73 Å². The average Bonchev–Trinajstić information content (AvgIpc) is 3.07. The Hall–Kier alpha value is -4.07. The van der Waals surface area contributed by atoms with Crippen molar-refractivity contribution in [1.82, 2.24) is 9.55 Å². The van der Waals surface area contributed by atoms with Crippen LogP contribution < -0.4 is 15.8 Å². The van der Waals surface area contributed by atoms with Crippen molar-refractivity contribution in [1.29, 1.82) is 0 Å². The first-order valence-corrected chi connectivity index (χ1v) is 9.44. The smallest absolute Gasteiger partial charge is 0.387 e. The summed E-state index contributed by atoms with van der Waals surface area (Å²) in [4.78, 5) is 4.70. The molecule has 0 atom stereocenters. The summed E-state index contributed by atoms with van der Waals surface area (Å²) in [6.45, 7) is 1.35. The first kappa shape index (κ1) is 20.2. The summed E-state index contributed by atoms with van der Waals surface area (Å²) < 4.78 is 31.2. The van der Waals surface area contributed by atoms with Crippen LogP contribution in [0.4, 0.5) is 20.4 Å². The molecule has 4 aromatic rings. The van der Waals surface area contributed by atoms with E-state index in [2.05, 4.69) is 16.6 Å². The number of halogens is 2. The SMILES string of the molecule is C=C(N)c1ccc2c(c1)nc(Nc1ccc(O)cc1)n2Cc1ccc(OC(F)F)cc1. The van der Waals surface area contributed by atoms with E-state index < -0.39 is 6.61 Å². The molecule has 0 spiro atoms. The predicted molar refractivity (Wildman–Crippen MR) is 117 cm³/mol. The van der Waals surface area contributed by atoms with E-state index in [0.29, 0.717) is 18.2 Å². The van der Waals surface area contributed by atoms with E-state index in [9.17, 15) is 13.9 Å². The van der Waals surface area contributed by atoms with Gasteiger partial charge >= 0.3 is 6.61 Å². The number of hydrogen-bond donors (Lipinski definition) is 3. The van der Waals surface area contributed by atoms with Crippen molar-refractivity contribution < 1.29 is 18.6 Å². The Bertz CT molecular complexity index is 1220. The number of nitrogens with zero attached hydrogens (tertiary/aromatic N) is 2. The van der Waals surface area contributed by atoms with Gasteiger partial charge in [-0.3, -0.25) is 0 Å². The first-order valence-electron chi connectivity index (χ1n) is 9.44. The van der Waals surface area contributed by atoms with Crippen LogP contribution in [-0.4, -0.2) is 21.3 Å². The zero-order valence-electron chi connectivity index (χ0n) is 16.4. The van der Waals surface area contributed by atoms with Gasteiger partial charge in [0.1, 0.15) is 11.5 Å². The van der Waals surface area contributed by atoms with Crippen LogP contribution in [0, 0.1) is 0 Å². The monoisotopic (exact) mass is 422 g/mol. The predicted octanol–water partition coefficient (Wildman–Crippen LogP) is 5.06. The molecule has 4 N–H and O–H groups in total. The zero-order chi connectivity index (χ0) is 22.0. The minimum atomic E-state index is -2.86. The lowest BCUT2D eigenvalue weighted by molar-refractivity contribution is -0.0498. The Balaban J connectivity index is 1.71. The fourth-order valence-electron chi connectivity index (χ4n) is 3.22. The van der Waals surface area contributed by atoms with E-state index >= 15 is 0 Å². The molecule has 6 nitrogen and oxygen atoms in total. The summed E-state index contributed by atoms with van der Waals surface area (Å²) in [5.74, 6) is 0.840. The maximum absolute atomic E-state index is 12.4. The molecule has 1 heterocycles. The van der Waals surface area contributed by atoms with Crippen molar-refractivity contribution in [3.63, 3.8) is 0 Å². The number of phenols is 1. The van der Waals surface area contributed by atoms with E-state index in [1.807, 2.05) is 22.8 Å². The number of ether oxygens (including phenoxy) is 1. The number of aromatic hydroxyl groups is 1. The van der Waals surface area contributed by atoms with Gasteiger partial charge in [-0.25, -0.2) is 4.98 Å². The van der Waals surface area contributed by atoms with Crippen LogP contribution in [0.3, 0.4) is 0 Å². The molecular formula is C23H20F2N4O2. The fraction of sp³-hybridized carbons (Fsp3) is 0.0870. The number of phenolic OH excluding ortho intramolecular Hbond substituents is 1. The van der Waals surface area contributed by atoms with E-state index in [-0.39, 0.29) is 11.5 Å². The molecule has 0 aliphatic carbocycles. The molecule has 0 aliphatic heterocycles. The molecule has 3 aromatic carbocycles. The summed E-state index contributed by atoms with van der Waals surface area (Å²) in [6.07, 6.45) is 0. The lowest BCUT2D eigenvalue weighted by atomic mass is 10.1. The second-order valence-corrected chi connectivity index (χ2v) is 6.94. The number of benzene rings is 3. The number of anilines is 2. The van der Waals surface area contributed by atoms with Crippen LogP contribution in [0.15, 0.2) is 73.3 Å². The molecule has 0 saturated heterocycles.